The van der Waals surface area contributed by atoms with Crippen molar-refractivity contribution >= 4 is 17.7 Å². The molecule has 8 heteroatoms. The lowest BCUT2D eigenvalue weighted by Crippen LogP contribution is -2.46. The van der Waals surface area contributed by atoms with Crippen molar-refractivity contribution in [2.24, 2.45) is 0 Å². The Morgan fingerprint density at radius 2 is 1.71 bits per heavy atom. The van der Waals surface area contributed by atoms with Crippen LogP contribution < -0.4 is 16.2 Å². The highest BCUT2D eigenvalue weighted by molar-refractivity contribution is 5.97. The summed E-state index contributed by atoms with van der Waals surface area (Å²) in [5.41, 5.74) is 6.62. The maximum Gasteiger partial charge on any atom is 0.291 e. The Labute approximate surface area is 160 Å². The number of hydrogen-bond acceptors (Lipinski definition) is 5. The molecular weight excluding hydrogens is 360 g/mol. The highest BCUT2D eigenvalue weighted by Crippen LogP contribution is 2.19. The Kier molecular flexibility index (Phi) is 5.81. The van der Waals surface area contributed by atoms with Crippen molar-refractivity contribution < 1.29 is 18.9 Å². The van der Waals surface area contributed by atoms with E-state index in [-0.39, 0.29) is 18.1 Å². The fraction of sp³-hybridized carbons (Fsp3) is 0.100. The van der Waals surface area contributed by atoms with Gasteiger partial charge in [0.1, 0.15) is 0 Å². The summed E-state index contributed by atoms with van der Waals surface area (Å²) in [6, 6.07) is 17.6. The molecule has 0 aliphatic carbocycles. The molecule has 28 heavy (non-hydrogen) atoms. The van der Waals surface area contributed by atoms with E-state index in [4.69, 9.17) is 4.52 Å². The van der Waals surface area contributed by atoms with Gasteiger partial charge >= 0.3 is 0 Å². The van der Waals surface area contributed by atoms with Crippen LogP contribution in [0.25, 0.3) is 11.3 Å². The second kappa shape index (κ2) is 8.63. The van der Waals surface area contributed by atoms with Crippen LogP contribution in [-0.4, -0.2) is 29.4 Å². The highest BCUT2D eigenvalue weighted by atomic mass is 16.5. The Morgan fingerprint density at radius 1 is 0.929 bits per heavy atom. The minimum atomic E-state index is -0.635. The second-order valence-corrected chi connectivity index (χ2v) is 6.00. The Bertz CT molecular complexity index is 998. The number of benzene rings is 2. The molecular formula is C20H18N4O4. The second-order valence-electron chi connectivity index (χ2n) is 6.00. The van der Waals surface area contributed by atoms with E-state index in [0.717, 1.165) is 11.1 Å². The molecule has 1 heterocycles. The van der Waals surface area contributed by atoms with E-state index in [1.165, 1.54) is 6.07 Å². The van der Waals surface area contributed by atoms with Crippen LogP contribution in [0.5, 0.6) is 0 Å². The average Bonchev–Trinajstić information content (AvgIpc) is 3.21. The first-order valence-corrected chi connectivity index (χ1v) is 8.49. The van der Waals surface area contributed by atoms with Crippen LogP contribution >= 0.6 is 0 Å². The summed E-state index contributed by atoms with van der Waals surface area (Å²) >= 11 is 0. The highest BCUT2D eigenvalue weighted by Gasteiger charge is 2.15. The van der Waals surface area contributed by atoms with Crippen molar-refractivity contribution in [3.8, 4) is 11.3 Å². The third-order valence-corrected chi connectivity index (χ3v) is 3.81. The van der Waals surface area contributed by atoms with Crippen LogP contribution in [0.3, 0.4) is 0 Å². The minimum absolute atomic E-state index is 0.0166. The molecule has 1 aromatic heterocycles. The predicted molar refractivity (Wildman–Crippen MR) is 101 cm³/mol. The first-order valence-electron chi connectivity index (χ1n) is 8.49. The molecule has 142 valence electrons. The standard InChI is InChI=1S/C20H18N4O4/c1-13-6-5-9-15(10-13)19(26)21-12-18(25)22-23-20(27)16-11-17(28-24-16)14-7-3-2-4-8-14/h2-11H,12H2,1H3,(H,21,26)(H,22,25)(H,23,27). The normalized spacial score (nSPS) is 10.2. The summed E-state index contributed by atoms with van der Waals surface area (Å²) in [5, 5.41) is 6.16. The smallest absolute Gasteiger partial charge is 0.291 e. The summed E-state index contributed by atoms with van der Waals surface area (Å²) in [6.45, 7) is 1.58. The number of carbonyl (C=O) groups excluding carboxylic acids is 3. The van der Waals surface area contributed by atoms with E-state index in [1.807, 2.05) is 43.3 Å². The number of rotatable bonds is 5. The summed E-state index contributed by atoms with van der Waals surface area (Å²) in [5.74, 6) is -1.16. The molecule has 3 aromatic rings. The third-order valence-electron chi connectivity index (χ3n) is 3.81. The monoisotopic (exact) mass is 378 g/mol. The van der Waals surface area contributed by atoms with Gasteiger partial charge in [-0.3, -0.25) is 25.2 Å². The number of carbonyl (C=O) groups is 3. The van der Waals surface area contributed by atoms with Gasteiger partial charge in [-0.2, -0.15) is 0 Å². The van der Waals surface area contributed by atoms with Gasteiger partial charge in [0.25, 0.3) is 17.7 Å². The van der Waals surface area contributed by atoms with Gasteiger partial charge in [-0.1, -0.05) is 53.2 Å². The Balaban J connectivity index is 1.47. The molecule has 0 radical (unpaired) electrons. The molecule has 3 rings (SSSR count). The molecule has 0 saturated carbocycles. The van der Waals surface area contributed by atoms with Crippen molar-refractivity contribution in [1.82, 2.24) is 21.3 Å². The number of aryl methyl sites for hydroxylation is 1. The van der Waals surface area contributed by atoms with Gasteiger partial charge in [0.15, 0.2) is 11.5 Å². The van der Waals surface area contributed by atoms with Crippen LogP contribution in [0.4, 0.5) is 0 Å². The van der Waals surface area contributed by atoms with E-state index in [0.29, 0.717) is 11.3 Å². The number of amides is 3. The summed E-state index contributed by atoms with van der Waals surface area (Å²) in [6.07, 6.45) is 0. The maximum absolute atomic E-state index is 12.1. The fourth-order valence-corrected chi connectivity index (χ4v) is 2.40. The molecule has 0 aliphatic rings. The molecule has 3 N–H and O–H groups in total. The number of nitrogens with zero attached hydrogens (tertiary/aromatic N) is 1. The molecule has 0 spiro atoms. The predicted octanol–water partition coefficient (Wildman–Crippen LogP) is 1.84. The summed E-state index contributed by atoms with van der Waals surface area (Å²) < 4.78 is 5.14. The zero-order valence-corrected chi connectivity index (χ0v) is 15.1. The lowest BCUT2D eigenvalue weighted by atomic mass is 10.1. The van der Waals surface area contributed by atoms with Gasteiger partial charge < -0.3 is 9.84 Å². The van der Waals surface area contributed by atoms with E-state index in [9.17, 15) is 14.4 Å². The SMILES string of the molecule is Cc1cccc(C(=O)NCC(=O)NNC(=O)c2cc(-c3ccccc3)on2)c1. The maximum atomic E-state index is 12.1. The van der Waals surface area contributed by atoms with Gasteiger partial charge in [-0.15, -0.1) is 0 Å². The third kappa shape index (κ3) is 4.82. The van der Waals surface area contributed by atoms with Crippen LogP contribution in [0.15, 0.2) is 65.2 Å². The molecule has 0 fully saturated rings. The molecule has 0 unspecified atom stereocenters. The van der Waals surface area contributed by atoms with Crippen molar-refractivity contribution in [3.63, 3.8) is 0 Å². The Hall–Kier alpha value is -3.94. The lowest BCUT2D eigenvalue weighted by molar-refractivity contribution is -0.120. The van der Waals surface area contributed by atoms with Crippen molar-refractivity contribution in [3.05, 3.63) is 77.5 Å². The van der Waals surface area contributed by atoms with Gasteiger partial charge in [-0.05, 0) is 19.1 Å². The first-order chi connectivity index (χ1) is 13.5. The summed E-state index contributed by atoms with van der Waals surface area (Å²) in [4.78, 5) is 35.9. The van der Waals surface area contributed by atoms with Crippen LogP contribution in [0, 0.1) is 6.92 Å². The van der Waals surface area contributed by atoms with Crippen molar-refractivity contribution in [1.29, 1.82) is 0 Å². The van der Waals surface area contributed by atoms with Crippen molar-refractivity contribution in [2.45, 2.75) is 6.92 Å². The number of hydrazine groups is 1. The Morgan fingerprint density at radius 3 is 2.46 bits per heavy atom. The molecule has 0 atom stereocenters. The molecule has 0 aliphatic heterocycles. The quantitative estimate of drug-likeness (QED) is 0.586. The molecule has 8 nitrogen and oxygen atoms in total. The van der Waals surface area contributed by atoms with Crippen LogP contribution in [0.1, 0.15) is 26.4 Å². The van der Waals surface area contributed by atoms with Crippen LogP contribution in [-0.2, 0) is 4.79 Å². The molecule has 2 aromatic carbocycles. The largest absolute Gasteiger partial charge is 0.355 e. The number of aromatic nitrogens is 1. The van der Waals surface area contributed by atoms with E-state index in [2.05, 4.69) is 21.3 Å². The van der Waals surface area contributed by atoms with Crippen LogP contribution in [0.2, 0.25) is 0 Å². The number of hydrogen-bond donors (Lipinski definition) is 3. The van der Waals surface area contributed by atoms with Gasteiger partial charge in [0.05, 0.1) is 6.54 Å². The molecule has 0 saturated heterocycles. The topological polar surface area (TPSA) is 113 Å². The van der Waals surface area contributed by atoms with E-state index < -0.39 is 11.8 Å². The van der Waals surface area contributed by atoms with Gasteiger partial charge in [0, 0.05) is 17.2 Å². The fourth-order valence-electron chi connectivity index (χ4n) is 2.40. The molecule has 3 amide bonds. The number of nitrogens with one attached hydrogen (secondary N) is 3. The van der Waals surface area contributed by atoms with E-state index >= 15 is 0 Å². The minimum Gasteiger partial charge on any atom is -0.355 e. The van der Waals surface area contributed by atoms with Gasteiger partial charge in [0.2, 0.25) is 0 Å². The zero-order chi connectivity index (χ0) is 19.9. The zero-order valence-electron chi connectivity index (χ0n) is 15.1. The lowest BCUT2D eigenvalue weighted by Gasteiger charge is -2.07. The summed E-state index contributed by atoms with van der Waals surface area (Å²) in [7, 11) is 0. The first kappa shape index (κ1) is 18.8. The molecule has 0 bridgehead atoms. The average molecular weight is 378 g/mol. The van der Waals surface area contributed by atoms with Gasteiger partial charge in [-0.25, -0.2) is 0 Å². The van der Waals surface area contributed by atoms with E-state index in [1.54, 1.807) is 18.2 Å². The van der Waals surface area contributed by atoms with Crippen molar-refractivity contribution in [2.75, 3.05) is 6.54 Å².